The number of carbonyl (C=O) groups is 2. The second-order valence-electron chi connectivity index (χ2n) is 6.62. The molecule has 2 aliphatic carbocycles. The Kier molecular flexibility index (Phi) is 4.47. The predicted molar refractivity (Wildman–Crippen MR) is 100 cm³/mol. The molecule has 0 saturated heterocycles. The molecule has 0 heterocycles. The van der Waals surface area contributed by atoms with E-state index < -0.39 is 17.3 Å². The Bertz CT molecular complexity index is 933. The molecule has 0 aliphatic heterocycles. The average Bonchev–Trinajstić information content (AvgIpc) is 2.84. The van der Waals surface area contributed by atoms with Crippen LogP contribution in [-0.4, -0.2) is 50.0 Å². The minimum absolute atomic E-state index is 0.0491. The van der Waals surface area contributed by atoms with Crippen LogP contribution in [0.5, 0.6) is 0 Å². The topological polar surface area (TPSA) is 63.4 Å². The molecule has 0 bridgehead atoms. The van der Waals surface area contributed by atoms with Crippen molar-refractivity contribution in [2.75, 3.05) is 33.1 Å². The number of nitrogens with zero attached hydrogens (tertiary/aromatic N) is 2. The van der Waals surface area contributed by atoms with Crippen molar-refractivity contribution in [2.45, 2.75) is 0 Å². The third kappa shape index (κ3) is 2.92. The van der Waals surface area contributed by atoms with Crippen molar-refractivity contribution in [1.29, 1.82) is 0 Å². The minimum Gasteiger partial charge on any atom is -0.871 e. The highest BCUT2D eigenvalue weighted by Crippen LogP contribution is 2.33. The van der Waals surface area contributed by atoms with Crippen molar-refractivity contribution in [2.24, 2.45) is 0 Å². The van der Waals surface area contributed by atoms with Gasteiger partial charge in [0, 0.05) is 43.1 Å². The zero-order chi connectivity index (χ0) is 19.0. The molecule has 3 rings (SSSR count). The van der Waals surface area contributed by atoms with Gasteiger partial charge >= 0.3 is 0 Å². The van der Waals surface area contributed by atoms with Crippen LogP contribution < -0.4 is 10.0 Å². The lowest BCUT2D eigenvalue weighted by atomic mass is 10.00. The Morgan fingerprint density at radius 1 is 0.846 bits per heavy atom. The number of rotatable bonds is 2. The maximum atomic E-state index is 12.8. The van der Waals surface area contributed by atoms with Gasteiger partial charge in [0.15, 0.2) is 5.71 Å². The lowest BCUT2D eigenvalue weighted by Gasteiger charge is -2.15. The quantitative estimate of drug-likeness (QED) is 0.456. The van der Waals surface area contributed by atoms with Gasteiger partial charge in [0.2, 0.25) is 11.6 Å². The van der Waals surface area contributed by atoms with Gasteiger partial charge < -0.3 is 10.0 Å². The summed E-state index contributed by atoms with van der Waals surface area (Å²) in [6, 6.07) is 7.03. The van der Waals surface area contributed by atoms with E-state index in [9.17, 15) is 14.7 Å². The van der Waals surface area contributed by atoms with Gasteiger partial charge in [-0.1, -0.05) is 17.9 Å². The van der Waals surface area contributed by atoms with Crippen LogP contribution in [0.4, 0.5) is 5.69 Å². The fourth-order valence-electron chi connectivity index (χ4n) is 2.94. The molecule has 5 nitrogen and oxygen atoms in total. The third-order valence-corrected chi connectivity index (χ3v) is 4.46. The Hall–Kier alpha value is -3.21. The summed E-state index contributed by atoms with van der Waals surface area (Å²) in [4.78, 5) is 26.8. The molecule has 2 aliphatic rings. The molecule has 5 heteroatoms. The number of ketones is 2. The molecule has 132 valence electrons. The fraction of sp³-hybridized carbons (Fsp3) is 0.190. The van der Waals surface area contributed by atoms with Gasteiger partial charge in [0.1, 0.15) is 14.1 Å². The normalized spacial score (nSPS) is 16.8. The molecule has 0 unspecified atom stereocenters. The number of carbonyl (C=O) groups excluding carboxylic acids is 2. The molecule has 0 spiro atoms. The number of hydrogen-bond acceptors (Lipinski definition) is 4. The summed E-state index contributed by atoms with van der Waals surface area (Å²) in [5, 5.41) is 12.8. The number of anilines is 1. The highest BCUT2D eigenvalue weighted by molar-refractivity contribution is 6.63. The molecule has 1 aromatic carbocycles. The first-order valence-corrected chi connectivity index (χ1v) is 8.24. The second kappa shape index (κ2) is 6.59. The fourth-order valence-corrected chi connectivity index (χ4v) is 2.94. The Labute approximate surface area is 152 Å². The van der Waals surface area contributed by atoms with Gasteiger partial charge in [-0.15, -0.1) is 0 Å². The number of allylic oxidation sites excluding steroid dienone is 7. The molecule has 0 N–H and O–H groups in total. The summed E-state index contributed by atoms with van der Waals surface area (Å²) in [5.74, 6) is -1.98. The SMILES string of the molecule is CN(C)c1ccc(C2=C([O-])C(=C3C=CC(=[N+](C)C)C=C3)C(=O)C2=O)cc1. The van der Waals surface area contributed by atoms with E-state index in [-0.39, 0.29) is 11.1 Å². The third-order valence-electron chi connectivity index (χ3n) is 4.46. The minimum atomic E-state index is -0.737. The van der Waals surface area contributed by atoms with E-state index in [1.165, 1.54) is 0 Å². The van der Waals surface area contributed by atoms with Gasteiger partial charge in [-0.05, 0) is 35.4 Å². The van der Waals surface area contributed by atoms with Crippen molar-refractivity contribution >= 4 is 28.5 Å². The summed E-state index contributed by atoms with van der Waals surface area (Å²) in [6.07, 6.45) is 7.03. The zero-order valence-electron chi connectivity index (χ0n) is 15.2. The molecule has 0 aromatic heterocycles. The molecular weight excluding hydrogens is 328 g/mol. The van der Waals surface area contributed by atoms with Crippen LogP contribution in [0.2, 0.25) is 0 Å². The first kappa shape index (κ1) is 17.6. The van der Waals surface area contributed by atoms with Crippen LogP contribution in [0.25, 0.3) is 5.57 Å². The molecule has 0 amide bonds. The smallest absolute Gasteiger partial charge is 0.233 e. The van der Waals surface area contributed by atoms with Gasteiger partial charge in [-0.3, -0.25) is 9.59 Å². The zero-order valence-corrected chi connectivity index (χ0v) is 15.2. The van der Waals surface area contributed by atoms with Crippen molar-refractivity contribution < 1.29 is 19.3 Å². The van der Waals surface area contributed by atoms with Crippen LogP contribution in [0.3, 0.4) is 0 Å². The van der Waals surface area contributed by atoms with Gasteiger partial charge in [0.05, 0.1) is 0 Å². The van der Waals surface area contributed by atoms with Crippen LogP contribution in [0.15, 0.2) is 65.5 Å². The first-order valence-electron chi connectivity index (χ1n) is 8.24. The van der Waals surface area contributed by atoms with Crippen LogP contribution in [0.1, 0.15) is 5.56 Å². The van der Waals surface area contributed by atoms with E-state index in [0.717, 1.165) is 11.4 Å². The number of hydrogen-bond donors (Lipinski definition) is 0. The van der Waals surface area contributed by atoms with Gasteiger partial charge in [0.25, 0.3) is 0 Å². The summed E-state index contributed by atoms with van der Waals surface area (Å²) in [6.45, 7) is 0. The predicted octanol–water partition coefficient (Wildman–Crippen LogP) is 1.11. The lowest BCUT2D eigenvalue weighted by molar-refractivity contribution is -0.462. The summed E-state index contributed by atoms with van der Waals surface area (Å²) >= 11 is 0. The standard InChI is InChI=1S/C21H20N2O3/c1-22(2)15-9-5-13(6-10-15)17-19(24)18(21(26)20(17)25)14-7-11-16(12-8-14)23(3)4/h5-12H,1-4H3. The second-order valence-corrected chi connectivity index (χ2v) is 6.62. The molecule has 1 aromatic rings. The molecular formula is C21H20N2O3. The van der Waals surface area contributed by atoms with E-state index in [4.69, 9.17) is 0 Å². The Morgan fingerprint density at radius 2 is 1.38 bits per heavy atom. The Morgan fingerprint density at radius 3 is 1.88 bits per heavy atom. The van der Waals surface area contributed by atoms with Crippen molar-refractivity contribution in [3.05, 3.63) is 71.0 Å². The highest BCUT2D eigenvalue weighted by Gasteiger charge is 2.33. The van der Waals surface area contributed by atoms with Crippen LogP contribution in [0, 0.1) is 0 Å². The van der Waals surface area contributed by atoms with E-state index in [2.05, 4.69) is 0 Å². The van der Waals surface area contributed by atoms with E-state index in [1.807, 2.05) is 62.0 Å². The molecule has 0 atom stereocenters. The molecule has 0 radical (unpaired) electrons. The number of benzene rings is 1. The molecule has 0 fully saturated rings. The monoisotopic (exact) mass is 348 g/mol. The van der Waals surface area contributed by atoms with Crippen molar-refractivity contribution in [3.8, 4) is 0 Å². The van der Waals surface area contributed by atoms with E-state index >= 15 is 0 Å². The molecule has 26 heavy (non-hydrogen) atoms. The first-order chi connectivity index (χ1) is 12.3. The summed E-state index contributed by atoms with van der Waals surface area (Å²) in [5.41, 5.74) is 2.74. The highest BCUT2D eigenvalue weighted by atomic mass is 16.3. The van der Waals surface area contributed by atoms with Crippen LogP contribution >= 0.6 is 0 Å². The van der Waals surface area contributed by atoms with E-state index in [1.54, 1.807) is 24.3 Å². The maximum Gasteiger partial charge on any atom is 0.233 e. The largest absolute Gasteiger partial charge is 0.871 e. The van der Waals surface area contributed by atoms with Gasteiger partial charge in [-0.2, -0.15) is 0 Å². The van der Waals surface area contributed by atoms with Crippen molar-refractivity contribution in [3.63, 3.8) is 0 Å². The Balaban J connectivity index is 2.08. The van der Waals surface area contributed by atoms with Crippen molar-refractivity contribution in [1.82, 2.24) is 0 Å². The maximum absolute atomic E-state index is 12.8. The van der Waals surface area contributed by atoms with E-state index in [0.29, 0.717) is 11.1 Å². The molecule has 0 saturated carbocycles. The summed E-state index contributed by atoms with van der Waals surface area (Å²) < 4.78 is 1.92. The van der Waals surface area contributed by atoms with Crippen LogP contribution in [-0.2, 0) is 9.59 Å². The van der Waals surface area contributed by atoms with Gasteiger partial charge in [-0.25, -0.2) is 4.58 Å². The average molecular weight is 348 g/mol. The lowest BCUT2D eigenvalue weighted by Crippen LogP contribution is -2.14. The number of Topliss-reactive ketones (excluding diaryl/α,β-unsaturated/α-hetero) is 2. The summed E-state index contributed by atoms with van der Waals surface area (Å²) in [7, 11) is 7.61.